The highest BCUT2D eigenvalue weighted by Crippen LogP contribution is 2.36. The number of rotatable bonds is 1. The molecule has 13 heavy (non-hydrogen) atoms. The van der Waals surface area contributed by atoms with Gasteiger partial charge in [-0.25, -0.2) is 0 Å². The molecule has 0 aromatic carbocycles. The lowest BCUT2D eigenvalue weighted by Gasteiger charge is -2.24. The van der Waals surface area contributed by atoms with Crippen LogP contribution in [-0.4, -0.2) is 40.5 Å². The van der Waals surface area contributed by atoms with Gasteiger partial charge in [0.05, 0.1) is 0 Å². The first kappa shape index (κ1) is 10.3. The molecular formula is C6H8F3NO3. The third-order valence-electron chi connectivity index (χ3n) is 2.01. The number of carbonyl (C=O) groups is 1. The molecule has 1 aliphatic heterocycles. The molecule has 2 atom stereocenters. The lowest BCUT2D eigenvalue weighted by molar-refractivity contribution is -0.252. The number of nitrogens with one attached hydrogen (secondary N) is 1. The highest BCUT2D eigenvalue weighted by Gasteiger charge is 2.58. The van der Waals surface area contributed by atoms with Crippen molar-refractivity contribution in [2.75, 3.05) is 6.54 Å². The summed E-state index contributed by atoms with van der Waals surface area (Å²) >= 11 is 0. The van der Waals surface area contributed by atoms with E-state index in [1.165, 1.54) is 0 Å². The second-order valence-corrected chi connectivity index (χ2v) is 3.01. The molecule has 1 unspecified atom stereocenters. The first-order chi connectivity index (χ1) is 5.76. The summed E-state index contributed by atoms with van der Waals surface area (Å²) in [7, 11) is 0. The molecule has 0 bridgehead atoms. The van der Waals surface area contributed by atoms with Crippen LogP contribution in [0.3, 0.4) is 0 Å². The van der Waals surface area contributed by atoms with Gasteiger partial charge in [0.1, 0.15) is 6.04 Å². The molecule has 1 rings (SSSR count). The zero-order chi connectivity index (χ0) is 10.3. The lowest BCUT2D eigenvalue weighted by Crippen LogP contribution is -2.46. The molecule has 0 amide bonds. The fraction of sp³-hybridized carbons (Fsp3) is 0.833. The average molecular weight is 199 g/mol. The summed E-state index contributed by atoms with van der Waals surface area (Å²) in [5.74, 6) is -1.39. The number of aliphatic carboxylic acids is 1. The summed E-state index contributed by atoms with van der Waals surface area (Å²) in [4.78, 5) is 10.3. The van der Waals surface area contributed by atoms with Crippen LogP contribution in [0.2, 0.25) is 0 Å². The average Bonchev–Trinajstić information content (AvgIpc) is 2.31. The highest BCUT2D eigenvalue weighted by molar-refractivity contribution is 5.74. The van der Waals surface area contributed by atoms with E-state index in [9.17, 15) is 18.0 Å². The fourth-order valence-corrected chi connectivity index (χ4v) is 1.16. The predicted octanol–water partition coefficient (Wildman–Crippen LogP) is -0.274. The van der Waals surface area contributed by atoms with Crippen LogP contribution in [0.1, 0.15) is 6.42 Å². The van der Waals surface area contributed by atoms with Crippen LogP contribution >= 0.6 is 0 Å². The van der Waals surface area contributed by atoms with Crippen molar-refractivity contribution in [2.45, 2.75) is 24.2 Å². The third-order valence-corrected chi connectivity index (χ3v) is 2.01. The first-order valence-corrected chi connectivity index (χ1v) is 3.51. The van der Waals surface area contributed by atoms with Crippen LogP contribution in [0.25, 0.3) is 0 Å². The Bertz CT molecular complexity index is 230. The Morgan fingerprint density at radius 2 is 2.08 bits per heavy atom. The summed E-state index contributed by atoms with van der Waals surface area (Å²) in [6.07, 6.45) is -5.63. The highest BCUT2D eigenvalue weighted by atomic mass is 19.4. The van der Waals surface area contributed by atoms with E-state index in [0.717, 1.165) is 0 Å². The quantitative estimate of drug-likeness (QED) is 0.543. The third kappa shape index (κ3) is 1.75. The van der Waals surface area contributed by atoms with Gasteiger partial charge in [-0.2, -0.15) is 13.2 Å². The lowest BCUT2D eigenvalue weighted by atomic mass is 10.00. The van der Waals surface area contributed by atoms with Crippen LogP contribution < -0.4 is 5.32 Å². The molecule has 0 aromatic heterocycles. The molecule has 0 spiro atoms. The van der Waals surface area contributed by atoms with Gasteiger partial charge in [-0.15, -0.1) is 0 Å². The molecule has 3 N–H and O–H groups in total. The van der Waals surface area contributed by atoms with Crippen molar-refractivity contribution in [3.8, 4) is 0 Å². The summed E-state index contributed by atoms with van der Waals surface area (Å²) in [5.41, 5.74) is -2.91. The van der Waals surface area contributed by atoms with Gasteiger partial charge in [-0.05, 0) is 0 Å². The van der Waals surface area contributed by atoms with Crippen molar-refractivity contribution < 1.29 is 28.2 Å². The van der Waals surface area contributed by atoms with Gasteiger partial charge in [-0.3, -0.25) is 4.79 Å². The SMILES string of the molecule is O=C(O)C1C[C@@](O)(C(F)(F)F)CN1. The van der Waals surface area contributed by atoms with E-state index in [0.29, 0.717) is 0 Å². The van der Waals surface area contributed by atoms with Gasteiger partial charge in [0, 0.05) is 13.0 Å². The fourth-order valence-electron chi connectivity index (χ4n) is 1.16. The Balaban J connectivity index is 2.72. The molecule has 1 fully saturated rings. The minimum atomic E-state index is -4.79. The first-order valence-electron chi connectivity index (χ1n) is 3.51. The van der Waals surface area contributed by atoms with Gasteiger partial charge in [0.25, 0.3) is 0 Å². The summed E-state index contributed by atoms with van der Waals surface area (Å²) in [6.45, 7) is -0.770. The normalized spacial score (nSPS) is 34.9. The number of hydrogen-bond acceptors (Lipinski definition) is 3. The standard InChI is InChI=1S/C6H8F3NO3/c7-6(8,9)5(13)1-3(4(11)12)10-2-5/h3,10,13H,1-2H2,(H,11,12)/t3?,5-/m0/s1. The zero-order valence-electron chi connectivity index (χ0n) is 6.43. The number of carboxylic acid groups (broad SMARTS) is 1. The van der Waals surface area contributed by atoms with Crippen LogP contribution in [-0.2, 0) is 4.79 Å². The molecule has 4 nitrogen and oxygen atoms in total. The topological polar surface area (TPSA) is 69.6 Å². The smallest absolute Gasteiger partial charge is 0.418 e. The van der Waals surface area contributed by atoms with Crippen LogP contribution in [0, 0.1) is 0 Å². The Labute approximate surface area is 71.4 Å². The molecule has 1 aliphatic rings. The number of β-amino-alcohol motifs (C(OH)–C–C–N with tert-alkyl or cyclic N) is 1. The van der Waals surface area contributed by atoms with Gasteiger partial charge in [-0.1, -0.05) is 0 Å². The largest absolute Gasteiger partial charge is 0.480 e. The maximum atomic E-state index is 12.1. The van der Waals surface area contributed by atoms with Crippen LogP contribution in [0.4, 0.5) is 13.2 Å². The van der Waals surface area contributed by atoms with E-state index in [4.69, 9.17) is 10.2 Å². The number of hydrogen-bond donors (Lipinski definition) is 3. The number of halogens is 3. The monoisotopic (exact) mass is 199 g/mol. The van der Waals surface area contributed by atoms with Crippen molar-refractivity contribution in [2.24, 2.45) is 0 Å². The molecule has 0 aromatic rings. The predicted molar refractivity (Wildman–Crippen MR) is 35.0 cm³/mol. The van der Waals surface area contributed by atoms with Gasteiger partial charge < -0.3 is 15.5 Å². The van der Waals surface area contributed by atoms with Crippen molar-refractivity contribution in [1.82, 2.24) is 5.32 Å². The van der Waals surface area contributed by atoms with Gasteiger partial charge in [0.15, 0.2) is 5.60 Å². The van der Waals surface area contributed by atoms with Crippen LogP contribution in [0.15, 0.2) is 0 Å². The Morgan fingerprint density at radius 3 is 2.31 bits per heavy atom. The molecule has 76 valence electrons. The second kappa shape index (κ2) is 2.85. The minimum absolute atomic E-state index is 0.770. The van der Waals surface area contributed by atoms with Gasteiger partial charge in [0.2, 0.25) is 0 Å². The van der Waals surface area contributed by atoms with Crippen molar-refractivity contribution in [3.05, 3.63) is 0 Å². The number of aliphatic hydroxyl groups is 1. The number of alkyl halides is 3. The van der Waals surface area contributed by atoms with E-state index in [1.807, 2.05) is 0 Å². The molecular weight excluding hydrogens is 191 g/mol. The van der Waals surface area contributed by atoms with Gasteiger partial charge >= 0.3 is 12.1 Å². The molecule has 1 heterocycles. The van der Waals surface area contributed by atoms with E-state index in [2.05, 4.69) is 5.32 Å². The van der Waals surface area contributed by atoms with Crippen molar-refractivity contribution in [1.29, 1.82) is 0 Å². The van der Waals surface area contributed by atoms with Crippen LogP contribution in [0.5, 0.6) is 0 Å². The van der Waals surface area contributed by atoms with Crippen molar-refractivity contribution >= 4 is 5.97 Å². The second-order valence-electron chi connectivity index (χ2n) is 3.01. The van der Waals surface area contributed by atoms with E-state index >= 15 is 0 Å². The maximum Gasteiger partial charge on any atom is 0.418 e. The Kier molecular flexibility index (Phi) is 2.25. The number of carboxylic acids is 1. The Morgan fingerprint density at radius 1 is 1.54 bits per heavy atom. The zero-order valence-corrected chi connectivity index (χ0v) is 6.43. The molecule has 0 saturated carbocycles. The molecule has 0 radical (unpaired) electrons. The maximum absolute atomic E-state index is 12.1. The van der Waals surface area contributed by atoms with E-state index in [1.54, 1.807) is 0 Å². The Hall–Kier alpha value is -0.820. The summed E-state index contributed by atoms with van der Waals surface area (Å²) in [5, 5.41) is 19.5. The summed E-state index contributed by atoms with van der Waals surface area (Å²) in [6, 6.07) is -1.33. The minimum Gasteiger partial charge on any atom is -0.480 e. The van der Waals surface area contributed by atoms with E-state index < -0.39 is 36.8 Å². The molecule has 0 aliphatic carbocycles. The van der Waals surface area contributed by atoms with E-state index in [-0.39, 0.29) is 0 Å². The molecule has 7 heteroatoms. The van der Waals surface area contributed by atoms with Crippen molar-refractivity contribution in [3.63, 3.8) is 0 Å². The molecule has 1 saturated heterocycles. The summed E-state index contributed by atoms with van der Waals surface area (Å²) < 4.78 is 36.3.